The van der Waals surface area contributed by atoms with Gasteiger partial charge in [-0.25, -0.2) is 4.98 Å². The Labute approximate surface area is 94.7 Å². The minimum atomic E-state index is -0.620. The van der Waals surface area contributed by atoms with Crippen LogP contribution in [0.15, 0.2) is 18.3 Å². The molecule has 16 heavy (non-hydrogen) atoms. The predicted octanol–water partition coefficient (Wildman–Crippen LogP) is -0.339. The first-order chi connectivity index (χ1) is 7.69. The van der Waals surface area contributed by atoms with Crippen LogP contribution >= 0.6 is 0 Å². The molecule has 0 bridgehead atoms. The monoisotopic (exact) mass is 223 g/mol. The number of aromatic nitrogens is 1. The lowest BCUT2D eigenvalue weighted by atomic mass is 10.2. The number of β-amino-alcohol motifs (C(OH)–C–C–N with tert-alkyl or cyclic N) is 2. The van der Waals surface area contributed by atoms with Crippen LogP contribution in [-0.2, 0) is 6.54 Å². The number of anilines is 1. The molecule has 2 atom stereocenters. The minimum Gasteiger partial charge on any atom is -0.389 e. The summed E-state index contributed by atoms with van der Waals surface area (Å²) in [6.45, 7) is 1.78. The molecule has 0 amide bonds. The van der Waals surface area contributed by atoms with Crippen LogP contribution in [0.2, 0.25) is 0 Å². The zero-order valence-corrected chi connectivity index (χ0v) is 9.30. The van der Waals surface area contributed by atoms with Gasteiger partial charge >= 0.3 is 0 Å². The Morgan fingerprint density at radius 1 is 1.44 bits per heavy atom. The lowest BCUT2D eigenvalue weighted by molar-refractivity contribution is 0.0572. The van der Waals surface area contributed by atoms with Crippen molar-refractivity contribution >= 4 is 5.82 Å². The molecule has 0 aliphatic carbocycles. The van der Waals surface area contributed by atoms with Crippen LogP contribution < -0.4 is 5.32 Å². The highest BCUT2D eigenvalue weighted by atomic mass is 16.3. The molecule has 5 heteroatoms. The maximum Gasteiger partial charge on any atom is 0.125 e. The van der Waals surface area contributed by atoms with Gasteiger partial charge < -0.3 is 15.5 Å². The number of aliphatic hydroxyl groups excluding tert-OH is 2. The van der Waals surface area contributed by atoms with Crippen LogP contribution in [0.4, 0.5) is 5.82 Å². The van der Waals surface area contributed by atoms with Crippen molar-refractivity contribution in [2.45, 2.75) is 18.8 Å². The summed E-state index contributed by atoms with van der Waals surface area (Å²) >= 11 is 0. The van der Waals surface area contributed by atoms with Crippen LogP contribution in [0, 0.1) is 0 Å². The quantitative estimate of drug-likeness (QED) is 0.654. The molecule has 2 unspecified atom stereocenters. The van der Waals surface area contributed by atoms with E-state index in [-0.39, 0.29) is 0 Å². The lowest BCUT2D eigenvalue weighted by Crippen LogP contribution is -2.22. The van der Waals surface area contributed by atoms with E-state index in [0.717, 1.165) is 17.9 Å². The molecular weight excluding hydrogens is 206 g/mol. The smallest absolute Gasteiger partial charge is 0.125 e. The second-order valence-electron chi connectivity index (χ2n) is 4.13. The van der Waals surface area contributed by atoms with Crippen molar-refractivity contribution in [3.05, 3.63) is 23.9 Å². The van der Waals surface area contributed by atoms with E-state index in [9.17, 15) is 10.2 Å². The van der Waals surface area contributed by atoms with E-state index in [1.54, 1.807) is 6.20 Å². The number of hydrogen-bond acceptors (Lipinski definition) is 5. The maximum atomic E-state index is 9.43. The van der Waals surface area contributed by atoms with Crippen molar-refractivity contribution in [3.63, 3.8) is 0 Å². The molecule has 2 heterocycles. The Morgan fingerprint density at radius 2 is 2.12 bits per heavy atom. The van der Waals surface area contributed by atoms with Gasteiger partial charge in [0.05, 0.1) is 12.2 Å². The molecular formula is C11H17N3O2. The van der Waals surface area contributed by atoms with Crippen molar-refractivity contribution in [2.75, 3.05) is 25.5 Å². The fraction of sp³-hybridized carbons (Fsp3) is 0.545. The van der Waals surface area contributed by atoms with Gasteiger partial charge in [-0.1, -0.05) is 0 Å². The fourth-order valence-corrected chi connectivity index (χ4v) is 1.94. The molecule has 1 aliphatic heterocycles. The van der Waals surface area contributed by atoms with Crippen molar-refractivity contribution in [1.82, 2.24) is 9.88 Å². The second kappa shape index (κ2) is 4.78. The first kappa shape index (κ1) is 11.3. The molecule has 1 aromatic heterocycles. The molecule has 5 nitrogen and oxygen atoms in total. The number of pyridine rings is 1. The summed E-state index contributed by atoms with van der Waals surface area (Å²) in [5, 5.41) is 21.8. The molecule has 0 radical (unpaired) electrons. The normalized spacial score (nSPS) is 25.9. The van der Waals surface area contributed by atoms with Gasteiger partial charge in [0.25, 0.3) is 0 Å². The third-order valence-corrected chi connectivity index (χ3v) is 2.82. The molecule has 0 saturated carbocycles. The Balaban J connectivity index is 1.99. The van der Waals surface area contributed by atoms with Gasteiger partial charge in [-0.15, -0.1) is 0 Å². The van der Waals surface area contributed by atoms with Crippen LogP contribution in [0.5, 0.6) is 0 Å². The Bertz CT molecular complexity index is 349. The average molecular weight is 223 g/mol. The van der Waals surface area contributed by atoms with E-state index in [2.05, 4.69) is 10.3 Å². The second-order valence-corrected chi connectivity index (χ2v) is 4.13. The number of aliphatic hydroxyl groups is 2. The molecule has 0 aromatic carbocycles. The van der Waals surface area contributed by atoms with Gasteiger partial charge in [-0.3, -0.25) is 4.90 Å². The third-order valence-electron chi connectivity index (χ3n) is 2.82. The van der Waals surface area contributed by atoms with Gasteiger partial charge in [0, 0.05) is 32.9 Å². The van der Waals surface area contributed by atoms with Crippen molar-refractivity contribution in [3.8, 4) is 0 Å². The summed E-state index contributed by atoms with van der Waals surface area (Å²) in [6.07, 6.45) is 0.514. The molecule has 1 aromatic rings. The van der Waals surface area contributed by atoms with Crippen molar-refractivity contribution in [2.24, 2.45) is 0 Å². The van der Waals surface area contributed by atoms with E-state index < -0.39 is 12.2 Å². The van der Waals surface area contributed by atoms with Gasteiger partial charge in [0.1, 0.15) is 5.82 Å². The van der Waals surface area contributed by atoms with Crippen molar-refractivity contribution in [1.29, 1.82) is 0 Å². The van der Waals surface area contributed by atoms with Gasteiger partial charge in [0.15, 0.2) is 0 Å². The number of nitrogens with zero attached hydrogens (tertiary/aromatic N) is 2. The zero-order chi connectivity index (χ0) is 11.5. The Hall–Kier alpha value is -1.17. The average Bonchev–Trinajstić information content (AvgIpc) is 2.58. The van der Waals surface area contributed by atoms with Gasteiger partial charge in [0.2, 0.25) is 0 Å². The van der Waals surface area contributed by atoms with Crippen LogP contribution in [-0.4, -0.2) is 52.4 Å². The third kappa shape index (κ3) is 2.49. The van der Waals surface area contributed by atoms with E-state index in [1.807, 2.05) is 24.1 Å². The van der Waals surface area contributed by atoms with Crippen molar-refractivity contribution < 1.29 is 10.2 Å². The van der Waals surface area contributed by atoms with E-state index in [4.69, 9.17) is 0 Å². The zero-order valence-electron chi connectivity index (χ0n) is 9.30. The molecule has 0 spiro atoms. The highest BCUT2D eigenvalue weighted by molar-refractivity contribution is 5.36. The van der Waals surface area contributed by atoms with E-state index in [1.165, 1.54) is 0 Å². The molecule has 2 rings (SSSR count). The number of nitrogens with one attached hydrogen (secondary N) is 1. The topological polar surface area (TPSA) is 68.6 Å². The van der Waals surface area contributed by atoms with E-state index >= 15 is 0 Å². The first-order valence-corrected chi connectivity index (χ1v) is 5.40. The molecule has 88 valence electrons. The summed E-state index contributed by atoms with van der Waals surface area (Å²) in [5.41, 5.74) is 1.13. The van der Waals surface area contributed by atoms with Gasteiger partial charge in [-0.05, 0) is 17.7 Å². The fourth-order valence-electron chi connectivity index (χ4n) is 1.94. The summed E-state index contributed by atoms with van der Waals surface area (Å²) in [4.78, 5) is 6.17. The highest BCUT2D eigenvalue weighted by Gasteiger charge is 2.29. The summed E-state index contributed by atoms with van der Waals surface area (Å²) in [7, 11) is 1.83. The van der Waals surface area contributed by atoms with Crippen LogP contribution in [0.1, 0.15) is 5.56 Å². The summed E-state index contributed by atoms with van der Waals surface area (Å²) in [6, 6.07) is 3.91. The first-order valence-electron chi connectivity index (χ1n) is 5.40. The number of rotatable bonds is 3. The summed E-state index contributed by atoms with van der Waals surface area (Å²) < 4.78 is 0. The number of hydrogen-bond donors (Lipinski definition) is 3. The van der Waals surface area contributed by atoms with Crippen LogP contribution in [0.3, 0.4) is 0 Å². The SMILES string of the molecule is CNc1cc(CN2CC(O)C(O)C2)ccn1. The standard InChI is InChI=1S/C11H17N3O2/c1-12-11-4-8(2-3-13-11)5-14-6-9(15)10(16)7-14/h2-4,9-10,15-16H,5-7H2,1H3,(H,12,13). The molecule has 1 aliphatic rings. The Kier molecular flexibility index (Phi) is 3.38. The Morgan fingerprint density at radius 3 is 2.75 bits per heavy atom. The van der Waals surface area contributed by atoms with Crippen LogP contribution in [0.25, 0.3) is 0 Å². The molecule has 3 N–H and O–H groups in total. The summed E-state index contributed by atoms with van der Waals surface area (Å²) in [5.74, 6) is 0.831. The highest BCUT2D eigenvalue weighted by Crippen LogP contribution is 2.15. The largest absolute Gasteiger partial charge is 0.389 e. The number of likely N-dealkylation sites (tertiary alicyclic amines) is 1. The van der Waals surface area contributed by atoms with Gasteiger partial charge in [-0.2, -0.15) is 0 Å². The maximum absolute atomic E-state index is 9.43. The minimum absolute atomic E-state index is 0.526. The predicted molar refractivity (Wildman–Crippen MR) is 61.1 cm³/mol. The molecule has 1 fully saturated rings. The molecule has 1 saturated heterocycles. The lowest BCUT2D eigenvalue weighted by Gasteiger charge is -2.14. The van der Waals surface area contributed by atoms with E-state index in [0.29, 0.717) is 13.1 Å².